The molecule has 0 unspecified atom stereocenters. The van der Waals surface area contributed by atoms with Gasteiger partial charge in [0.05, 0.1) is 4.90 Å². The van der Waals surface area contributed by atoms with Gasteiger partial charge in [0.1, 0.15) is 0 Å². The highest BCUT2D eigenvalue weighted by Crippen LogP contribution is 2.36. The quantitative estimate of drug-likeness (QED) is 0.845. The Labute approximate surface area is 134 Å². The first kappa shape index (κ1) is 16.6. The molecular weight excluding hydrogens is 333 g/mol. The van der Waals surface area contributed by atoms with Crippen LogP contribution in [-0.4, -0.2) is 20.9 Å². The Morgan fingerprint density at radius 1 is 1.29 bits per heavy atom. The summed E-state index contributed by atoms with van der Waals surface area (Å²) in [5.41, 5.74) is 0.318. The summed E-state index contributed by atoms with van der Waals surface area (Å²) >= 11 is 5.85. The minimum absolute atomic E-state index is 0.121. The van der Waals surface area contributed by atoms with Crippen molar-refractivity contribution >= 4 is 37.2 Å². The van der Waals surface area contributed by atoms with E-state index in [0.717, 1.165) is 12.8 Å². The molecule has 2 rings (SSSR count). The topological polar surface area (TPSA) is 63.2 Å². The average molecular weight is 350 g/mol. The third kappa shape index (κ3) is 4.34. The normalized spacial score (nSPS) is 17.7. The third-order valence-electron chi connectivity index (χ3n) is 3.90. The Bertz CT molecular complexity index is 652. The Hall–Kier alpha value is -0.780. The molecule has 1 aliphatic carbocycles. The molecule has 0 heterocycles. The van der Waals surface area contributed by atoms with Crippen LogP contribution in [0.5, 0.6) is 0 Å². The molecule has 116 valence electrons. The van der Waals surface area contributed by atoms with Crippen LogP contribution in [0.2, 0.25) is 5.02 Å². The van der Waals surface area contributed by atoms with Gasteiger partial charge in [0.15, 0.2) is 0 Å². The molecule has 0 aromatic heterocycles. The fourth-order valence-corrected chi connectivity index (χ4v) is 3.74. The van der Waals surface area contributed by atoms with Gasteiger partial charge in [0.25, 0.3) is 15.0 Å². The van der Waals surface area contributed by atoms with Crippen molar-refractivity contribution in [2.24, 2.45) is 5.41 Å². The van der Waals surface area contributed by atoms with Crippen molar-refractivity contribution in [1.29, 1.82) is 0 Å². The van der Waals surface area contributed by atoms with Crippen LogP contribution in [-0.2, 0) is 9.05 Å². The van der Waals surface area contributed by atoms with Gasteiger partial charge in [-0.25, -0.2) is 8.42 Å². The Balaban J connectivity index is 2.14. The summed E-state index contributed by atoms with van der Waals surface area (Å²) in [5, 5.41) is 3.01. The second-order valence-electron chi connectivity index (χ2n) is 5.81. The number of carbonyl (C=O) groups excluding carboxylic acids is 1. The first-order chi connectivity index (χ1) is 9.70. The van der Waals surface area contributed by atoms with Crippen molar-refractivity contribution < 1.29 is 13.2 Å². The number of carbonyl (C=O) groups is 1. The van der Waals surface area contributed by atoms with Crippen LogP contribution in [0.25, 0.3) is 0 Å². The van der Waals surface area contributed by atoms with E-state index in [2.05, 4.69) is 12.2 Å². The smallest absolute Gasteiger partial charge is 0.261 e. The summed E-state index contributed by atoms with van der Waals surface area (Å²) in [6.45, 7) is 2.72. The van der Waals surface area contributed by atoms with Gasteiger partial charge in [0.2, 0.25) is 0 Å². The SMILES string of the molecule is CC1(CNC(=O)c2cc(Cl)cc(S(=O)(=O)Cl)c2)CCCC1. The van der Waals surface area contributed by atoms with Gasteiger partial charge in [-0.05, 0) is 36.5 Å². The number of benzene rings is 1. The van der Waals surface area contributed by atoms with Crippen LogP contribution in [0.4, 0.5) is 0 Å². The summed E-state index contributed by atoms with van der Waals surface area (Å²) in [5.74, 6) is -0.341. The first-order valence-corrected chi connectivity index (χ1v) is 9.42. The molecule has 0 saturated heterocycles. The van der Waals surface area contributed by atoms with Crippen LogP contribution in [0.3, 0.4) is 0 Å². The zero-order valence-electron chi connectivity index (χ0n) is 11.7. The van der Waals surface area contributed by atoms with Gasteiger partial charge in [0, 0.05) is 27.8 Å². The van der Waals surface area contributed by atoms with E-state index in [0.29, 0.717) is 6.54 Å². The minimum atomic E-state index is -3.92. The summed E-state index contributed by atoms with van der Waals surface area (Å²) in [4.78, 5) is 12.0. The molecule has 1 fully saturated rings. The number of halogens is 2. The molecule has 1 aliphatic rings. The lowest BCUT2D eigenvalue weighted by Crippen LogP contribution is -2.34. The number of hydrogen-bond donors (Lipinski definition) is 1. The van der Waals surface area contributed by atoms with Crippen molar-refractivity contribution in [2.45, 2.75) is 37.5 Å². The van der Waals surface area contributed by atoms with Gasteiger partial charge >= 0.3 is 0 Å². The Morgan fingerprint density at radius 3 is 2.48 bits per heavy atom. The van der Waals surface area contributed by atoms with Gasteiger partial charge in [-0.1, -0.05) is 31.4 Å². The van der Waals surface area contributed by atoms with Gasteiger partial charge in [-0.2, -0.15) is 0 Å². The maximum absolute atomic E-state index is 12.2. The lowest BCUT2D eigenvalue weighted by atomic mass is 9.89. The lowest BCUT2D eigenvalue weighted by Gasteiger charge is -2.23. The summed E-state index contributed by atoms with van der Waals surface area (Å²) in [6, 6.07) is 3.89. The molecule has 7 heteroatoms. The molecule has 4 nitrogen and oxygen atoms in total. The molecule has 1 aromatic carbocycles. The first-order valence-electron chi connectivity index (χ1n) is 6.73. The Morgan fingerprint density at radius 2 is 1.90 bits per heavy atom. The highest BCUT2D eigenvalue weighted by atomic mass is 35.7. The standard InChI is InChI=1S/C14H17Cl2NO3S/c1-14(4-2-3-5-14)9-17-13(18)10-6-11(15)8-12(7-10)21(16,19)20/h6-8H,2-5,9H2,1H3,(H,17,18). The lowest BCUT2D eigenvalue weighted by molar-refractivity contribution is 0.0934. The highest BCUT2D eigenvalue weighted by molar-refractivity contribution is 8.13. The van der Waals surface area contributed by atoms with Crippen LogP contribution in [0.1, 0.15) is 43.0 Å². The molecule has 0 spiro atoms. The highest BCUT2D eigenvalue weighted by Gasteiger charge is 2.29. The van der Waals surface area contributed by atoms with Crippen molar-refractivity contribution in [3.05, 3.63) is 28.8 Å². The van der Waals surface area contributed by atoms with E-state index in [-0.39, 0.29) is 26.8 Å². The van der Waals surface area contributed by atoms with E-state index in [4.69, 9.17) is 22.3 Å². The molecule has 0 atom stereocenters. The maximum Gasteiger partial charge on any atom is 0.261 e. The van der Waals surface area contributed by atoms with E-state index in [1.54, 1.807) is 0 Å². The van der Waals surface area contributed by atoms with E-state index >= 15 is 0 Å². The molecular formula is C14H17Cl2NO3S. The van der Waals surface area contributed by atoms with Gasteiger partial charge < -0.3 is 5.32 Å². The van der Waals surface area contributed by atoms with Crippen molar-refractivity contribution in [1.82, 2.24) is 5.32 Å². The molecule has 1 saturated carbocycles. The molecule has 1 aromatic rings. The minimum Gasteiger partial charge on any atom is -0.351 e. The molecule has 21 heavy (non-hydrogen) atoms. The predicted octanol–water partition coefficient (Wildman–Crippen LogP) is 3.58. The number of nitrogens with one attached hydrogen (secondary N) is 1. The molecule has 1 amide bonds. The maximum atomic E-state index is 12.2. The van der Waals surface area contributed by atoms with Crippen LogP contribution < -0.4 is 5.32 Å². The monoisotopic (exact) mass is 349 g/mol. The van der Waals surface area contributed by atoms with Gasteiger partial charge in [-0.3, -0.25) is 4.79 Å². The summed E-state index contributed by atoms with van der Waals surface area (Å²) in [6.07, 6.45) is 4.53. The Kier molecular flexibility index (Phi) is 4.85. The average Bonchev–Trinajstić information content (AvgIpc) is 2.82. The summed E-state index contributed by atoms with van der Waals surface area (Å²) < 4.78 is 22.7. The largest absolute Gasteiger partial charge is 0.351 e. The zero-order valence-corrected chi connectivity index (χ0v) is 14.0. The van der Waals surface area contributed by atoms with E-state index in [1.165, 1.54) is 31.0 Å². The van der Waals surface area contributed by atoms with Crippen molar-refractivity contribution in [2.75, 3.05) is 6.54 Å². The van der Waals surface area contributed by atoms with Crippen LogP contribution >= 0.6 is 22.3 Å². The van der Waals surface area contributed by atoms with Crippen molar-refractivity contribution in [3.63, 3.8) is 0 Å². The van der Waals surface area contributed by atoms with Crippen molar-refractivity contribution in [3.8, 4) is 0 Å². The van der Waals surface area contributed by atoms with Crippen LogP contribution in [0, 0.1) is 5.41 Å². The predicted molar refractivity (Wildman–Crippen MR) is 83.4 cm³/mol. The second-order valence-corrected chi connectivity index (χ2v) is 8.82. The number of amides is 1. The van der Waals surface area contributed by atoms with Gasteiger partial charge in [-0.15, -0.1) is 0 Å². The molecule has 0 bridgehead atoms. The van der Waals surface area contributed by atoms with Crippen LogP contribution in [0.15, 0.2) is 23.1 Å². The molecule has 0 aliphatic heterocycles. The van der Waals surface area contributed by atoms with E-state index < -0.39 is 9.05 Å². The van der Waals surface area contributed by atoms with E-state index in [1.807, 2.05) is 0 Å². The fraction of sp³-hybridized carbons (Fsp3) is 0.500. The number of hydrogen-bond acceptors (Lipinski definition) is 3. The molecule has 0 radical (unpaired) electrons. The zero-order chi connectivity index (χ0) is 15.7. The van der Waals surface area contributed by atoms with E-state index in [9.17, 15) is 13.2 Å². The number of rotatable bonds is 4. The summed E-state index contributed by atoms with van der Waals surface area (Å²) in [7, 11) is 1.38. The third-order valence-corrected chi connectivity index (χ3v) is 5.45. The second kappa shape index (κ2) is 6.15. The molecule has 1 N–H and O–H groups in total. The fourth-order valence-electron chi connectivity index (χ4n) is 2.64.